The van der Waals surface area contributed by atoms with Crippen molar-refractivity contribution < 1.29 is 13.2 Å². The van der Waals surface area contributed by atoms with Gasteiger partial charge in [-0.3, -0.25) is 0 Å². The Morgan fingerprint density at radius 3 is 2.55 bits per heavy atom. The molecular weight excluding hydrogens is 298 g/mol. The maximum Gasteiger partial charge on any atom is 0.243 e. The van der Waals surface area contributed by atoms with Gasteiger partial charge in [-0.25, -0.2) is 8.42 Å². The number of hydrogen-bond donors (Lipinski definition) is 0. The van der Waals surface area contributed by atoms with Crippen LogP contribution in [0, 0.1) is 12.3 Å². The van der Waals surface area contributed by atoms with Gasteiger partial charge in [-0.2, -0.15) is 4.31 Å². The lowest BCUT2D eigenvalue weighted by Gasteiger charge is -2.43. The molecule has 1 aliphatic heterocycles. The van der Waals surface area contributed by atoms with E-state index in [0.29, 0.717) is 18.0 Å². The Bertz CT molecular complexity index is 626. The molecule has 0 amide bonds. The third-order valence-electron chi connectivity index (χ3n) is 5.34. The summed E-state index contributed by atoms with van der Waals surface area (Å²) in [5.74, 6) is 0. The minimum atomic E-state index is -3.40. The molecule has 0 bridgehead atoms. The van der Waals surface area contributed by atoms with Crippen molar-refractivity contribution in [3.05, 3.63) is 29.8 Å². The molecule has 2 fully saturated rings. The summed E-state index contributed by atoms with van der Waals surface area (Å²) in [5.41, 5.74) is 1.09. The first-order chi connectivity index (χ1) is 10.5. The smallest absolute Gasteiger partial charge is 0.243 e. The molecule has 2 atom stereocenters. The topological polar surface area (TPSA) is 46.6 Å². The molecular formula is C17H25NO3S. The quantitative estimate of drug-likeness (QED) is 0.859. The lowest BCUT2D eigenvalue weighted by Crippen LogP contribution is -2.49. The molecule has 0 aromatic heterocycles. The van der Waals surface area contributed by atoms with Crippen molar-refractivity contribution >= 4 is 10.0 Å². The molecule has 1 heterocycles. The standard InChI is InChI=1S/C17H25NO3S/c1-14-6-8-15(9-7-14)22(19,20)18-12-4-11-17(13-18)10-3-5-16(17)21-2/h6-9,16H,3-5,10-13H2,1-2H3/t16-,17+/m1/s1. The van der Waals surface area contributed by atoms with E-state index in [2.05, 4.69) is 0 Å². The highest BCUT2D eigenvalue weighted by molar-refractivity contribution is 7.89. The summed E-state index contributed by atoms with van der Waals surface area (Å²) in [6.45, 7) is 3.18. The monoisotopic (exact) mass is 323 g/mol. The van der Waals surface area contributed by atoms with E-state index in [9.17, 15) is 8.42 Å². The van der Waals surface area contributed by atoms with Crippen molar-refractivity contribution in [2.75, 3.05) is 20.2 Å². The summed E-state index contributed by atoms with van der Waals surface area (Å²) >= 11 is 0. The number of methoxy groups -OCH3 is 1. The van der Waals surface area contributed by atoms with Crippen LogP contribution < -0.4 is 0 Å². The van der Waals surface area contributed by atoms with Gasteiger partial charge in [0.15, 0.2) is 0 Å². The number of rotatable bonds is 3. The molecule has 0 radical (unpaired) electrons. The van der Waals surface area contributed by atoms with E-state index < -0.39 is 10.0 Å². The second-order valence-corrected chi connectivity index (χ2v) is 8.67. The van der Waals surface area contributed by atoms with Crippen molar-refractivity contribution in [1.82, 2.24) is 4.31 Å². The van der Waals surface area contributed by atoms with Crippen molar-refractivity contribution in [3.63, 3.8) is 0 Å². The van der Waals surface area contributed by atoms with E-state index in [-0.39, 0.29) is 11.5 Å². The maximum atomic E-state index is 12.9. The van der Waals surface area contributed by atoms with Gasteiger partial charge in [-0.15, -0.1) is 0 Å². The van der Waals surface area contributed by atoms with Gasteiger partial charge in [-0.1, -0.05) is 24.1 Å². The average molecular weight is 323 g/mol. The van der Waals surface area contributed by atoms with Crippen LogP contribution in [0.3, 0.4) is 0 Å². The Kier molecular flexibility index (Phi) is 4.32. The zero-order chi connectivity index (χ0) is 15.8. The van der Waals surface area contributed by atoms with E-state index in [1.807, 2.05) is 19.1 Å². The fraction of sp³-hybridized carbons (Fsp3) is 0.647. The van der Waals surface area contributed by atoms with Crippen LogP contribution in [0.2, 0.25) is 0 Å². The Labute approximate surface area is 133 Å². The van der Waals surface area contributed by atoms with Gasteiger partial charge in [-0.05, 0) is 44.7 Å². The van der Waals surface area contributed by atoms with Gasteiger partial charge in [0, 0.05) is 25.6 Å². The first-order valence-corrected chi connectivity index (χ1v) is 9.52. The number of aryl methyl sites for hydroxylation is 1. The van der Waals surface area contributed by atoms with Crippen LogP contribution in [0.5, 0.6) is 0 Å². The highest BCUT2D eigenvalue weighted by atomic mass is 32.2. The highest BCUT2D eigenvalue weighted by Crippen LogP contribution is 2.47. The van der Waals surface area contributed by atoms with Crippen molar-refractivity contribution in [2.24, 2.45) is 5.41 Å². The number of sulfonamides is 1. The van der Waals surface area contributed by atoms with Crippen LogP contribution in [0.25, 0.3) is 0 Å². The lowest BCUT2D eigenvalue weighted by molar-refractivity contribution is -0.0184. The van der Waals surface area contributed by atoms with Gasteiger partial charge in [0.25, 0.3) is 0 Å². The number of piperidine rings is 1. The van der Waals surface area contributed by atoms with E-state index in [0.717, 1.165) is 37.7 Å². The zero-order valence-electron chi connectivity index (χ0n) is 13.4. The number of ether oxygens (including phenoxy) is 1. The highest BCUT2D eigenvalue weighted by Gasteiger charge is 2.48. The molecule has 4 nitrogen and oxygen atoms in total. The molecule has 2 aliphatic rings. The van der Waals surface area contributed by atoms with Gasteiger partial charge >= 0.3 is 0 Å². The normalized spacial score (nSPS) is 30.0. The summed E-state index contributed by atoms with van der Waals surface area (Å²) in [4.78, 5) is 0.405. The van der Waals surface area contributed by atoms with Gasteiger partial charge in [0.05, 0.1) is 11.0 Å². The van der Waals surface area contributed by atoms with Crippen molar-refractivity contribution in [1.29, 1.82) is 0 Å². The van der Waals surface area contributed by atoms with Crippen LogP contribution in [0.4, 0.5) is 0 Å². The lowest BCUT2D eigenvalue weighted by atomic mass is 9.77. The Balaban J connectivity index is 1.86. The minimum Gasteiger partial charge on any atom is -0.381 e. The minimum absolute atomic E-state index is 0.0186. The third-order valence-corrected chi connectivity index (χ3v) is 7.20. The SMILES string of the molecule is CO[C@@H]1CCC[C@@]12CCCN(S(=O)(=O)c1ccc(C)cc1)C2. The molecule has 22 heavy (non-hydrogen) atoms. The fourth-order valence-electron chi connectivity index (χ4n) is 4.12. The summed E-state index contributed by atoms with van der Waals surface area (Å²) in [7, 11) is -1.64. The molecule has 1 aromatic rings. The molecule has 5 heteroatoms. The Morgan fingerprint density at radius 1 is 1.18 bits per heavy atom. The van der Waals surface area contributed by atoms with Crippen LogP contribution in [-0.2, 0) is 14.8 Å². The zero-order valence-corrected chi connectivity index (χ0v) is 14.2. The molecule has 0 unspecified atom stereocenters. The van der Waals surface area contributed by atoms with Crippen LogP contribution in [-0.4, -0.2) is 39.0 Å². The van der Waals surface area contributed by atoms with Crippen LogP contribution >= 0.6 is 0 Å². The molecule has 1 spiro atoms. The average Bonchev–Trinajstić information content (AvgIpc) is 2.89. The van der Waals surface area contributed by atoms with Crippen molar-refractivity contribution in [3.8, 4) is 0 Å². The van der Waals surface area contributed by atoms with E-state index in [1.54, 1.807) is 23.5 Å². The largest absolute Gasteiger partial charge is 0.381 e. The molecule has 1 saturated carbocycles. The summed E-state index contributed by atoms with van der Waals surface area (Å²) in [5, 5.41) is 0. The van der Waals surface area contributed by atoms with Crippen LogP contribution in [0.15, 0.2) is 29.2 Å². The number of nitrogens with zero attached hydrogens (tertiary/aromatic N) is 1. The number of hydrogen-bond acceptors (Lipinski definition) is 3. The summed E-state index contributed by atoms with van der Waals surface area (Å²) in [6.07, 6.45) is 5.46. The first kappa shape index (κ1) is 16.0. The molecule has 122 valence electrons. The van der Waals surface area contributed by atoms with Gasteiger partial charge in [0.1, 0.15) is 0 Å². The predicted octanol–water partition coefficient (Wildman–Crippen LogP) is 2.96. The predicted molar refractivity (Wildman–Crippen MR) is 86.3 cm³/mol. The van der Waals surface area contributed by atoms with E-state index in [4.69, 9.17) is 4.74 Å². The Morgan fingerprint density at radius 2 is 1.86 bits per heavy atom. The van der Waals surface area contributed by atoms with Gasteiger partial charge < -0.3 is 4.74 Å². The molecule has 0 N–H and O–H groups in total. The second-order valence-electron chi connectivity index (χ2n) is 6.73. The van der Waals surface area contributed by atoms with E-state index >= 15 is 0 Å². The summed E-state index contributed by atoms with van der Waals surface area (Å²) in [6, 6.07) is 7.16. The van der Waals surface area contributed by atoms with Crippen molar-refractivity contribution in [2.45, 2.75) is 50.0 Å². The molecule has 3 rings (SSSR count). The van der Waals surface area contributed by atoms with E-state index in [1.165, 1.54) is 0 Å². The first-order valence-electron chi connectivity index (χ1n) is 8.08. The summed E-state index contributed by atoms with van der Waals surface area (Å²) < 4.78 is 33.2. The fourth-order valence-corrected chi connectivity index (χ4v) is 5.70. The van der Waals surface area contributed by atoms with Crippen LogP contribution in [0.1, 0.15) is 37.7 Å². The molecule has 1 aromatic carbocycles. The number of benzene rings is 1. The second kappa shape index (κ2) is 5.95. The Hall–Kier alpha value is -0.910. The van der Waals surface area contributed by atoms with Gasteiger partial charge in [0.2, 0.25) is 10.0 Å². The maximum absolute atomic E-state index is 12.9. The third kappa shape index (κ3) is 2.70. The molecule has 1 saturated heterocycles. The molecule has 1 aliphatic carbocycles.